The highest BCUT2D eigenvalue weighted by molar-refractivity contribution is 5.81. The fourth-order valence-corrected chi connectivity index (χ4v) is 3.41. The SMILES string of the molecule is CCCNC(=O)C(C)NCC1CCC2(CCCCC2)O1. The van der Waals surface area contributed by atoms with E-state index in [2.05, 4.69) is 17.6 Å². The molecular formula is C16H30N2O2. The molecule has 0 bridgehead atoms. The molecule has 2 aliphatic rings. The van der Waals surface area contributed by atoms with Crippen molar-refractivity contribution >= 4 is 5.91 Å². The summed E-state index contributed by atoms with van der Waals surface area (Å²) in [4.78, 5) is 11.8. The number of hydrogen-bond donors (Lipinski definition) is 2. The smallest absolute Gasteiger partial charge is 0.236 e. The van der Waals surface area contributed by atoms with E-state index in [1.54, 1.807) is 0 Å². The van der Waals surface area contributed by atoms with Gasteiger partial charge in [-0.1, -0.05) is 26.2 Å². The summed E-state index contributed by atoms with van der Waals surface area (Å²) < 4.78 is 6.31. The quantitative estimate of drug-likeness (QED) is 0.786. The van der Waals surface area contributed by atoms with Crippen LogP contribution in [0.25, 0.3) is 0 Å². The van der Waals surface area contributed by atoms with E-state index in [1.807, 2.05) is 6.92 Å². The first-order valence-electron chi connectivity index (χ1n) is 8.34. The van der Waals surface area contributed by atoms with E-state index >= 15 is 0 Å². The molecule has 1 saturated carbocycles. The first-order chi connectivity index (χ1) is 9.65. The molecule has 20 heavy (non-hydrogen) atoms. The van der Waals surface area contributed by atoms with E-state index in [-0.39, 0.29) is 23.7 Å². The Hall–Kier alpha value is -0.610. The van der Waals surface area contributed by atoms with Crippen LogP contribution in [0.15, 0.2) is 0 Å². The van der Waals surface area contributed by atoms with Crippen LogP contribution < -0.4 is 10.6 Å². The normalized spacial score (nSPS) is 26.6. The highest BCUT2D eigenvalue weighted by Crippen LogP contribution is 2.41. The van der Waals surface area contributed by atoms with Crippen LogP contribution >= 0.6 is 0 Å². The van der Waals surface area contributed by atoms with Gasteiger partial charge in [-0.3, -0.25) is 4.79 Å². The zero-order valence-corrected chi connectivity index (χ0v) is 13.0. The fourth-order valence-electron chi connectivity index (χ4n) is 3.41. The van der Waals surface area contributed by atoms with Crippen molar-refractivity contribution in [2.24, 2.45) is 0 Å². The lowest BCUT2D eigenvalue weighted by atomic mass is 9.83. The molecule has 2 fully saturated rings. The average Bonchev–Trinajstić information content (AvgIpc) is 2.85. The van der Waals surface area contributed by atoms with Gasteiger partial charge in [-0.25, -0.2) is 0 Å². The van der Waals surface area contributed by atoms with E-state index in [1.165, 1.54) is 38.5 Å². The van der Waals surface area contributed by atoms with Crippen molar-refractivity contribution in [1.29, 1.82) is 0 Å². The van der Waals surface area contributed by atoms with Gasteiger partial charge in [0.15, 0.2) is 0 Å². The summed E-state index contributed by atoms with van der Waals surface area (Å²) in [7, 11) is 0. The van der Waals surface area contributed by atoms with E-state index in [0.717, 1.165) is 25.9 Å². The highest BCUT2D eigenvalue weighted by atomic mass is 16.5. The lowest BCUT2D eigenvalue weighted by Gasteiger charge is -2.33. The number of rotatable bonds is 6. The molecule has 2 rings (SSSR count). The van der Waals surface area contributed by atoms with Crippen molar-refractivity contribution in [3.05, 3.63) is 0 Å². The monoisotopic (exact) mass is 282 g/mol. The second-order valence-corrected chi connectivity index (χ2v) is 6.44. The minimum atomic E-state index is -0.131. The molecule has 2 unspecified atom stereocenters. The molecule has 1 aliphatic heterocycles. The van der Waals surface area contributed by atoms with Crippen LogP contribution in [0.1, 0.15) is 65.2 Å². The minimum Gasteiger partial charge on any atom is -0.370 e. The number of carbonyl (C=O) groups is 1. The van der Waals surface area contributed by atoms with Crippen molar-refractivity contribution in [3.8, 4) is 0 Å². The third-order valence-electron chi connectivity index (χ3n) is 4.70. The van der Waals surface area contributed by atoms with Gasteiger partial charge in [0, 0.05) is 13.1 Å². The Balaban J connectivity index is 1.68. The van der Waals surface area contributed by atoms with Crippen molar-refractivity contribution in [3.63, 3.8) is 0 Å². The van der Waals surface area contributed by atoms with Gasteiger partial charge in [-0.05, 0) is 39.0 Å². The molecule has 116 valence electrons. The van der Waals surface area contributed by atoms with Gasteiger partial charge < -0.3 is 15.4 Å². The van der Waals surface area contributed by atoms with Crippen LogP contribution in [-0.2, 0) is 9.53 Å². The minimum absolute atomic E-state index is 0.0947. The molecule has 2 atom stereocenters. The fraction of sp³-hybridized carbons (Fsp3) is 0.938. The summed E-state index contributed by atoms with van der Waals surface area (Å²) in [5, 5.41) is 6.24. The maximum Gasteiger partial charge on any atom is 0.236 e. The average molecular weight is 282 g/mol. The molecule has 1 amide bonds. The van der Waals surface area contributed by atoms with Gasteiger partial charge >= 0.3 is 0 Å². The third-order valence-corrected chi connectivity index (χ3v) is 4.70. The Bertz CT molecular complexity index is 314. The predicted molar refractivity (Wildman–Crippen MR) is 80.7 cm³/mol. The number of nitrogens with one attached hydrogen (secondary N) is 2. The zero-order valence-electron chi connectivity index (χ0n) is 13.0. The summed E-state index contributed by atoms with van der Waals surface area (Å²) in [6.07, 6.45) is 10.1. The maximum absolute atomic E-state index is 11.8. The summed E-state index contributed by atoms with van der Waals surface area (Å²) >= 11 is 0. The number of ether oxygens (including phenoxy) is 1. The van der Waals surface area contributed by atoms with Crippen molar-refractivity contribution in [2.75, 3.05) is 13.1 Å². The molecule has 4 nitrogen and oxygen atoms in total. The van der Waals surface area contributed by atoms with Gasteiger partial charge in [0.25, 0.3) is 0 Å². The molecule has 1 saturated heterocycles. The number of hydrogen-bond acceptors (Lipinski definition) is 3. The number of amides is 1. The molecule has 2 N–H and O–H groups in total. The van der Waals surface area contributed by atoms with Crippen LogP contribution in [0, 0.1) is 0 Å². The second kappa shape index (κ2) is 7.41. The second-order valence-electron chi connectivity index (χ2n) is 6.44. The predicted octanol–water partition coefficient (Wildman–Crippen LogP) is 2.37. The Kier molecular flexibility index (Phi) is 5.85. The zero-order chi connectivity index (χ0) is 14.4. The van der Waals surface area contributed by atoms with Crippen LogP contribution in [0.4, 0.5) is 0 Å². The Labute approximate surface area is 123 Å². The van der Waals surface area contributed by atoms with Gasteiger partial charge in [-0.2, -0.15) is 0 Å². The Morgan fingerprint density at radius 2 is 2.05 bits per heavy atom. The molecule has 1 heterocycles. The summed E-state index contributed by atoms with van der Waals surface area (Å²) in [6, 6.07) is -0.131. The molecule has 0 aromatic carbocycles. The lowest BCUT2D eigenvalue weighted by Crippen LogP contribution is -2.45. The van der Waals surface area contributed by atoms with Crippen molar-refractivity contribution < 1.29 is 9.53 Å². The van der Waals surface area contributed by atoms with E-state index < -0.39 is 0 Å². The Morgan fingerprint density at radius 3 is 2.75 bits per heavy atom. The van der Waals surface area contributed by atoms with E-state index in [4.69, 9.17) is 4.74 Å². The summed E-state index contributed by atoms with van der Waals surface area (Å²) in [5.41, 5.74) is 0.179. The van der Waals surface area contributed by atoms with Gasteiger partial charge in [0.2, 0.25) is 5.91 Å². The largest absolute Gasteiger partial charge is 0.370 e. The summed E-state index contributed by atoms with van der Waals surface area (Å²) in [6.45, 7) is 5.54. The first kappa shape index (κ1) is 15.8. The van der Waals surface area contributed by atoms with Gasteiger partial charge in [0.1, 0.15) is 0 Å². The standard InChI is InChI=1S/C16H30N2O2/c1-3-11-17-15(19)13(2)18-12-14-7-10-16(20-14)8-5-4-6-9-16/h13-14,18H,3-12H2,1-2H3,(H,17,19). The van der Waals surface area contributed by atoms with Crippen LogP contribution in [-0.4, -0.2) is 36.7 Å². The Morgan fingerprint density at radius 1 is 1.30 bits per heavy atom. The highest BCUT2D eigenvalue weighted by Gasteiger charge is 2.40. The van der Waals surface area contributed by atoms with Crippen LogP contribution in [0.5, 0.6) is 0 Å². The maximum atomic E-state index is 11.8. The molecule has 1 aliphatic carbocycles. The van der Waals surface area contributed by atoms with Crippen molar-refractivity contribution in [1.82, 2.24) is 10.6 Å². The lowest BCUT2D eigenvalue weighted by molar-refractivity contribution is -0.123. The molecule has 0 aromatic heterocycles. The van der Waals surface area contributed by atoms with Crippen LogP contribution in [0.2, 0.25) is 0 Å². The van der Waals surface area contributed by atoms with E-state index in [0.29, 0.717) is 0 Å². The molecule has 1 spiro atoms. The van der Waals surface area contributed by atoms with Crippen LogP contribution in [0.3, 0.4) is 0 Å². The van der Waals surface area contributed by atoms with E-state index in [9.17, 15) is 4.79 Å². The molecule has 0 aromatic rings. The first-order valence-corrected chi connectivity index (χ1v) is 8.34. The summed E-state index contributed by atoms with van der Waals surface area (Å²) in [5.74, 6) is 0.0947. The molecule has 0 radical (unpaired) electrons. The topological polar surface area (TPSA) is 50.4 Å². The van der Waals surface area contributed by atoms with Gasteiger partial charge in [0.05, 0.1) is 17.7 Å². The molecular weight excluding hydrogens is 252 g/mol. The molecule has 4 heteroatoms. The third kappa shape index (κ3) is 4.19. The number of carbonyl (C=O) groups excluding carboxylic acids is 1. The van der Waals surface area contributed by atoms with Gasteiger partial charge in [-0.15, -0.1) is 0 Å². The van der Waals surface area contributed by atoms with Crippen molar-refractivity contribution in [2.45, 2.75) is 83.0 Å².